The second-order valence-electron chi connectivity index (χ2n) is 13.8. The number of benzene rings is 3. The van der Waals surface area contributed by atoms with E-state index in [0.29, 0.717) is 39.1 Å². The first-order valence-corrected chi connectivity index (χ1v) is 18.0. The molecular formula is C42H35ClN6O3. The van der Waals surface area contributed by atoms with Crippen molar-refractivity contribution < 1.29 is 14.3 Å². The van der Waals surface area contributed by atoms with Gasteiger partial charge in [-0.3, -0.25) is 4.79 Å². The molecule has 0 saturated heterocycles. The van der Waals surface area contributed by atoms with Crippen LogP contribution in [0.3, 0.4) is 0 Å². The lowest BCUT2D eigenvalue weighted by Crippen LogP contribution is -2.51. The summed E-state index contributed by atoms with van der Waals surface area (Å²) in [6, 6.07) is 36.2. The van der Waals surface area contributed by atoms with Crippen LogP contribution in [0.25, 0.3) is 33.8 Å². The van der Waals surface area contributed by atoms with Gasteiger partial charge in [-0.05, 0) is 66.3 Å². The number of fused-ring (bicyclic) bond motifs is 4. The number of halogens is 1. The molecule has 0 radical (unpaired) electrons. The highest BCUT2D eigenvalue weighted by atomic mass is 35.5. The van der Waals surface area contributed by atoms with Gasteiger partial charge in [0.05, 0.1) is 34.5 Å². The van der Waals surface area contributed by atoms with Gasteiger partial charge in [-0.1, -0.05) is 103 Å². The van der Waals surface area contributed by atoms with Gasteiger partial charge in [0, 0.05) is 23.9 Å². The maximum Gasteiger partial charge on any atom is 0.308 e. The molecule has 4 heterocycles. The van der Waals surface area contributed by atoms with Crippen LogP contribution >= 0.6 is 11.6 Å². The number of carboxylic acids is 1. The normalized spacial score (nSPS) is 19.9. The molecule has 2 atom stereocenters. The Morgan fingerprint density at radius 2 is 1.44 bits per heavy atom. The Balaban J connectivity index is 1.30. The number of aliphatic carboxylic acids is 1. The van der Waals surface area contributed by atoms with E-state index < -0.39 is 17.4 Å². The summed E-state index contributed by atoms with van der Waals surface area (Å²) in [5, 5.41) is 20.5. The first-order valence-electron chi connectivity index (χ1n) is 17.6. The minimum absolute atomic E-state index is 0.143. The molecule has 2 bridgehead atoms. The fraction of sp³-hybridized carbons (Fsp3) is 0.214. The van der Waals surface area contributed by atoms with Crippen LogP contribution < -0.4 is 5.32 Å². The molecule has 0 amide bonds. The molecule has 3 saturated carbocycles. The maximum absolute atomic E-state index is 12.6. The molecule has 3 aromatic carbocycles. The number of anilines is 1. The molecule has 0 aliphatic heterocycles. The van der Waals surface area contributed by atoms with Crippen molar-refractivity contribution in [1.82, 2.24) is 24.7 Å². The summed E-state index contributed by atoms with van der Waals surface area (Å²) in [5.41, 5.74) is 4.47. The highest BCUT2D eigenvalue weighted by Gasteiger charge is 2.47. The van der Waals surface area contributed by atoms with Gasteiger partial charge in [-0.2, -0.15) is 5.10 Å². The third kappa shape index (κ3) is 5.35. The Kier molecular flexibility index (Phi) is 8.08. The van der Waals surface area contributed by atoms with Gasteiger partial charge in [0.25, 0.3) is 0 Å². The van der Waals surface area contributed by atoms with Crippen molar-refractivity contribution in [3.05, 3.63) is 150 Å². The second-order valence-corrected chi connectivity index (χ2v) is 14.2. The summed E-state index contributed by atoms with van der Waals surface area (Å²) in [4.78, 5) is 27.7. The Labute approximate surface area is 305 Å². The number of furan rings is 1. The monoisotopic (exact) mass is 706 g/mol. The Bertz CT molecular complexity index is 2260. The summed E-state index contributed by atoms with van der Waals surface area (Å²) in [7, 11) is 0. The lowest BCUT2D eigenvalue weighted by Gasteiger charge is -2.47. The zero-order valence-electron chi connectivity index (χ0n) is 28.1. The summed E-state index contributed by atoms with van der Waals surface area (Å²) in [6.45, 7) is 0. The number of nitrogens with zero attached hydrogens (tertiary/aromatic N) is 5. The first kappa shape index (κ1) is 32.1. The SMILES string of the molecule is O=C(O)C1C2CCC(CC2)C1Nc1cc(-c2ccoc2)nc(-c2nn(C(c3ccccc3)(c3ccccc3)c3ccccc3)c3ncc(Cl)cc23)n1. The third-order valence-corrected chi connectivity index (χ3v) is 11.2. The summed E-state index contributed by atoms with van der Waals surface area (Å²) in [6.07, 6.45) is 8.76. The molecule has 10 heteroatoms. The lowest BCUT2D eigenvalue weighted by atomic mass is 9.61. The van der Waals surface area contributed by atoms with Crippen molar-refractivity contribution in [2.75, 3.05) is 5.32 Å². The molecular weight excluding hydrogens is 672 g/mol. The van der Waals surface area contributed by atoms with E-state index in [9.17, 15) is 9.90 Å². The number of aromatic nitrogens is 5. The third-order valence-electron chi connectivity index (χ3n) is 11.0. The smallest absolute Gasteiger partial charge is 0.308 e. The van der Waals surface area contributed by atoms with Crippen LogP contribution in [-0.2, 0) is 10.3 Å². The summed E-state index contributed by atoms with van der Waals surface area (Å²) < 4.78 is 7.44. The largest absolute Gasteiger partial charge is 0.481 e. The quantitative estimate of drug-likeness (QED) is 0.143. The van der Waals surface area contributed by atoms with Crippen molar-refractivity contribution >= 4 is 34.4 Å². The van der Waals surface area contributed by atoms with Crippen LogP contribution in [0.15, 0.2) is 132 Å². The van der Waals surface area contributed by atoms with Gasteiger partial charge in [0.2, 0.25) is 0 Å². The fourth-order valence-corrected chi connectivity index (χ4v) is 8.81. The summed E-state index contributed by atoms with van der Waals surface area (Å²) in [5.74, 6) is 0.0150. The van der Waals surface area contributed by atoms with E-state index in [-0.39, 0.29) is 17.9 Å². The van der Waals surface area contributed by atoms with Crippen LogP contribution in [0.4, 0.5) is 5.82 Å². The van der Waals surface area contributed by atoms with Gasteiger partial charge in [-0.25, -0.2) is 19.6 Å². The van der Waals surface area contributed by atoms with E-state index in [1.54, 1.807) is 18.7 Å². The second kappa shape index (κ2) is 13.1. The van der Waals surface area contributed by atoms with Crippen molar-refractivity contribution in [2.45, 2.75) is 37.3 Å². The van der Waals surface area contributed by atoms with Crippen LogP contribution in [0.2, 0.25) is 5.02 Å². The molecule has 258 valence electrons. The highest BCUT2D eigenvalue weighted by Crippen LogP contribution is 2.47. The first-order chi connectivity index (χ1) is 25.5. The molecule has 3 fully saturated rings. The van der Waals surface area contributed by atoms with Crippen molar-refractivity contribution in [3.63, 3.8) is 0 Å². The maximum atomic E-state index is 12.6. The van der Waals surface area contributed by atoms with Crippen LogP contribution in [0.5, 0.6) is 0 Å². The minimum atomic E-state index is -0.958. The standard InChI is InChI=1S/C42H35ClN6O3/c43-32-22-33-38(39-45-34(28-20-21-52-25-28)23-35(47-39)46-37-27-18-16-26(17-19-27)36(37)41(50)51)48-49(40(33)44-24-32)42(29-10-4-1-5-11-29,30-12-6-2-7-13-30)31-14-8-3-9-15-31/h1-15,20-27,36-37H,16-19H2,(H,50,51)(H,45,46,47). The van der Waals surface area contributed by atoms with Gasteiger partial charge in [-0.15, -0.1) is 0 Å². The molecule has 4 aromatic heterocycles. The van der Waals surface area contributed by atoms with Crippen LogP contribution in [-0.4, -0.2) is 41.9 Å². The van der Waals surface area contributed by atoms with Gasteiger partial charge < -0.3 is 14.8 Å². The molecule has 0 spiro atoms. The van der Waals surface area contributed by atoms with E-state index in [4.69, 9.17) is 36.1 Å². The number of carboxylic acid groups (broad SMARTS) is 1. The number of nitrogens with one attached hydrogen (secondary N) is 1. The molecule has 2 unspecified atom stereocenters. The minimum Gasteiger partial charge on any atom is -0.481 e. The number of pyridine rings is 1. The molecule has 10 rings (SSSR count). The molecule has 3 aliphatic carbocycles. The van der Waals surface area contributed by atoms with Crippen molar-refractivity contribution in [2.24, 2.45) is 17.8 Å². The Hall–Kier alpha value is -5.80. The zero-order valence-corrected chi connectivity index (χ0v) is 28.9. The number of rotatable bonds is 9. The Morgan fingerprint density at radius 1 is 0.827 bits per heavy atom. The van der Waals surface area contributed by atoms with Crippen LogP contribution in [0.1, 0.15) is 42.4 Å². The average Bonchev–Trinajstić information content (AvgIpc) is 3.86. The van der Waals surface area contributed by atoms with Crippen molar-refractivity contribution in [3.8, 4) is 22.8 Å². The van der Waals surface area contributed by atoms with Gasteiger partial charge in [0.1, 0.15) is 17.1 Å². The highest BCUT2D eigenvalue weighted by molar-refractivity contribution is 6.31. The molecule has 3 aliphatic rings. The topological polar surface area (TPSA) is 119 Å². The zero-order chi connectivity index (χ0) is 35.2. The summed E-state index contributed by atoms with van der Waals surface area (Å²) >= 11 is 6.69. The molecule has 9 nitrogen and oxygen atoms in total. The van der Waals surface area contributed by atoms with Gasteiger partial charge in [0.15, 0.2) is 11.5 Å². The molecule has 52 heavy (non-hydrogen) atoms. The predicted molar refractivity (Wildman–Crippen MR) is 200 cm³/mol. The average molecular weight is 707 g/mol. The van der Waals surface area contributed by atoms with E-state index >= 15 is 0 Å². The predicted octanol–water partition coefficient (Wildman–Crippen LogP) is 8.94. The van der Waals surface area contributed by atoms with Crippen molar-refractivity contribution in [1.29, 1.82) is 0 Å². The number of hydrogen-bond donors (Lipinski definition) is 2. The molecule has 2 N–H and O–H groups in total. The van der Waals surface area contributed by atoms with E-state index in [1.807, 2.05) is 77.5 Å². The fourth-order valence-electron chi connectivity index (χ4n) is 8.65. The van der Waals surface area contributed by atoms with E-state index in [0.717, 1.165) is 47.9 Å². The van der Waals surface area contributed by atoms with Gasteiger partial charge >= 0.3 is 5.97 Å². The van der Waals surface area contributed by atoms with E-state index in [2.05, 4.69) is 41.7 Å². The Morgan fingerprint density at radius 3 is 2.02 bits per heavy atom. The number of hydrogen-bond acceptors (Lipinski definition) is 7. The lowest BCUT2D eigenvalue weighted by molar-refractivity contribution is -0.148. The number of carbonyl (C=O) groups is 1. The van der Waals surface area contributed by atoms with E-state index in [1.165, 1.54) is 0 Å². The van der Waals surface area contributed by atoms with Crippen LogP contribution in [0, 0.1) is 17.8 Å². The molecule has 7 aromatic rings.